The van der Waals surface area contributed by atoms with Crippen LogP contribution in [0.5, 0.6) is 0 Å². The van der Waals surface area contributed by atoms with Crippen LogP contribution in [0.25, 0.3) is 0 Å². The van der Waals surface area contributed by atoms with Crippen LogP contribution in [0.3, 0.4) is 0 Å². The number of hydrogen-bond acceptors (Lipinski definition) is 1. The highest BCUT2D eigenvalue weighted by Crippen LogP contribution is 2.35. The molecule has 1 aromatic heterocycles. The molecule has 0 nitrogen and oxygen atoms in total. The zero-order valence-corrected chi connectivity index (χ0v) is 11.7. The second-order valence-electron chi connectivity index (χ2n) is 4.88. The van der Waals surface area contributed by atoms with Crippen molar-refractivity contribution >= 4 is 27.3 Å². The van der Waals surface area contributed by atoms with E-state index in [9.17, 15) is 0 Å². The van der Waals surface area contributed by atoms with E-state index in [4.69, 9.17) is 0 Å². The Balaban J connectivity index is 1.87. The fourth-order valence-corrected chi connectivity index (χ4v) is 4.15. The Labute approximate surface area is 105 Å². The van der Waals surface area contributed by atoms with E-state index < -0.39 is 0 Å². The van der Waals surface area contributed by atoms with Gasteiger partial charge in [-0.05, 0) is 53.5 Å². The van der Waals surface area contributed by atoms with E-state index in [2.05, 4.69) is 39.7 Å². The minimum absolute atomic E-state index is 0.690. The van der Waals surface area contributed by atoms with Crippen LogP contribution in [-0.2, 0) is 6.42 Å². The van der Waals surface area contributed by atoms with Gasteiger partial charge in [-0.1, -0.05) is 35.7 Å². The average molecular weight is 287 g/mol. The Kier molecular flexibility index (Phi) is 4.27. The number of rotatable bonds is 3. The molecule has 1 saturated carbocycles. The number of hydrogen-bond donors (Lipinski definition) is 0. The summed E-state index contributed by atoms with van der Waals surface area (Å²) in [5, 5.41) is 4.46. The zero-order valence-electron chi connectivity index (χ0n) is 9.29. The molecule has 0 saturated heterocycles. The van der Waals surface area contributed by atoms with E-state index in [0.29, 0.717) is 4.83 Å². The standard InChI is InChI=1S/C13H19BrS/c1-10-3-2-4-12(7-10)13(14)8-11-5-6-15-9-11/h5-6,9-10,12-13H,2-4,7-8H2,1H3. The van der Waals surface area contributed by atoms with E-state index in [1.165, 1.54) is 37.7 Å². The maximum atomic E-state index is 3.89. The van der Waals surface area contributed by atoms with Crippen LogP contribution in [0.4, 0.5) is 0 Å². The Hall–Kier alpha value is 0.180. The van der Waals surface area contributed by atoms with Crippen molar-refractivity contribution in [2.75, 3.05) is 0 Å². The van der Waals surface area contributed by atoms with Gasteiger partial charge >= 0.3 is 0 Å². The first-order chi connectivity index (χ1) is 7.25. The van der Waals surface area contributed by atoms with Gasteiger partial charge in [-0.15, -0.1) is 0 Å². The van der Waals surface area contributed by atoms with Gasteiger partial charge in [-0.25, -0.2) is 0 Å². The predicted molar refractivity (Wildman–Crippen MR) is 71.9 cm³/mol. The summed E-state index contributed by atoms with van der Waals surface area (Å²) in [6.07, 6.45) is 6.91. The summed E-state index contributed by atoms with van der Waals surface area (Å²) in [7, 11) is 0. The summed E-state index contributed by atoms with van der Waals surface area (Å²) in [4.78, 5) is 0.690. The van der Waals surface area contributed by atoms with E-state index in [0.717, 1.165) is 11.8 Å². The first-order valence-corrected chi connectivity index (χ1v) is 7.76. The molecule has 2 rings (SSSR count). The second kappa shape index (κ2) is 5.49. The van der Waals surface area contributed by atoms with E-state index in [1.54, 1.807) is 0 Å². The summed E-state index contributed by atoms with van der Waals surface area (Å²) in [5.41, 5.74) is 1.50. The lowest BCUT2D eigenvalue weighted by molar-refractivity contribution is 0.278. The van der Waals surface area contributed by atoms with Gasteiger partial charge in [-0.2, -0.15) is 11.3 Å². The van der Waals surface area contributed by atoms with Crippen LogP contribution < -0.4 is 0 Å². The predicted octanol–water partition coefficient (Wildman–Crippen LogP) is 4.88. The fourth-order valence-electron chi connectivity index (χ4n) is 2.61. The fraction of sp³-hybridized carbons (Fsp3) is 0.692. The molecular weight excluding hydrogens is 268 g/mol. The van der Waals surface area contributed by atoms with Gasteiger partial charge in [0.2, 0.25) is 0 Å². The van der Waals surface area contributed by atoms with Gasteiger partial charge in [0.15, 0.2) is 0 Å². The van der Waals surface area contributed by atoms with Crippen molar-refractivity contribution in [3.8, 4) is 0 Å². The molecule has 0 aromatic carbocycles. The third-order valence-electron chi connectivity index (χ3n) is 3.50. The van der Waals surface area contributed by atoms with Gasteiger partial charge in [0.05, 0.1) is 0 Å². The molecule has 0 bridgehead atoms. The smallest absolute Gasteiger partial charge is 0.0214 e. The van der Waals surface area contributed by atoms with Gasteiger partial charge in [0.25, 0.3) is 0 Å². The number of thiophene rings is 1. The highest BCUT2D eigenvalue weighted by molar-refractivity contribution is 9.09. The molecule has 15 heavy (non-hydrogen) atoms. The summed E-state index contributed by atoms with van der Waals surface area (Å²) in [6.45, 7) is 2.40. The summed E-state index contributed by atoms with van der Waals surface area (Å²) in [5.74, 6) is 1.83. The van der Waals surface area contributed by atoms with Crippen LogP contribution in [0, 0.1) is 11.8 Å². The SMILES string of the molecule is CC1CCCC(C(Br)Cc2ccsc2)C1. The molecule has 1 fully saturated rings. The molecule has 0 radical (unpaired) electrons. The molecule has 0 aliphatic heterocycles. The average Bonchev–Trinajstić information content (AvgIpc) is 2.70. The highest BCUT2D eigenvalue weighted by Gasteiger charge is 2.24. The zero-order chi connectivity index (χ0) is 10.7. The third kappa shape index (κ3) is 3.32. The summed E-state index contributed by atoms with van der Waals surface area (Å²) < 4.78 is 0. The Bertz CT molecular complexity index is 281. The molecule has 3 unspecified atom stereocenters. The van der Waals surface area contributed by atoms with Gasteiger partial charge in [0.1, 0.15) is 0 Å². The lowest BCUT2D eigenvalue weighted by Crippen LogP contribution is -2.23. The minimum Gasteiger partial charge on any atom is -0.152 e. The number of alkyl halides is 1. The van der Waals surface area contributed by atoms with Crippen molar-refractivity contribution in [2.45, 2.75) is 43.9 Å². The van der Waals surface area contributed by atoms with Gasteiger partial charge in [-0.3, -0.25) is 0 Å². The molecule has 0 spiro atoms. The largest absolute Gasteiger partial charge is 0.152 e. The van der Waals surface area contributed by atoms with Crippen molar-refractivity contribution in [1.29, 1.82) is 0 Å². The first-order valence-electron chi connectivity index (χ1n) is 5.91. The quantitative estimate of drug-likeness (QED) is 0.695. The van der Waals surface area contributed by atoms with Crippen molar-refractivity contribution < 1.29 is 0 Å². The van der Waals surface area contributed by atoms with Crippen LogP contribution in [-0.4, -0.2) is 4.83 Å². The maximum Gasteiger partial charge on any atom is 0.0214 e. The molecule has 0 N–H and O–H groups in total. The highest BCUT2D eigenvalue weighted by atomic mass is 79.9. The van der Waals surface area contributed by atoms with Gasteiger partial charge < -0.3 is 0 Å². The summed E-state index contributed by atoms with van der Waals surface area (Å²) >= 11 is 5.70. The lowest BCUT2D eigenvalue weighted by atomic mass is 9.80. The normalized spacial score (nSPS) is 28.9. The third-order valence-corrected chi connectivity index (χ3v) is 5.30. The van der Waals surface area contributed by atoms with E-state index in [1.807, 2.05) is 11.3 Å². The van der Waals surface area contributed by atoms with Crippen molar-refractivity contribution in [3.63, 3.8) is 0 Å². The second-order valence-corrected chi connectivity index (χ2v) is 6.84. The van der Waals surface area contributed by atoms with Crippen molar-refractivity contribution in [2.24, 2.45) is 11.8 Å². The molecule has 0 amide bonds. The van der Waals surface area contributed by atoms with Crippen molar-refractivity contribution in [1.82, 2.24) is 0 Å². The molecule has 1 aliphatic rings. The van der Waals surface area contributed by atoms with E-state index >= 15 is 0 Å². The molecule has 84 valence electrons. The Morgan fingerprint density at radius 3 is 3.07 bits per heavy atom. The van der Waals surface area contributed by atoms with E-state index in [-0.39, 0.29) is 0 Å². The van der Waals surface area contributed by atoms with Crippen molar-refractivity contribution in [3.05, 3.63) is 22.4 Å². The molecular formula is C13H19BrS. The monoisotopic (exact) mass is 286 g/mol. The lowest BCUT2D eigenvalue weighted by Gasteiger charge is -2.30. The van der Waals surface area contributed by atoms with Crippen LogP contribution >= 0.6 is 27.3 Å². The Morgan fingerprint density at radius 1 is 1.53 bits per heavy atom. The molecule has 2 heteroatoms. The molecule has 1 aliphatic carbocycles. The van der Waals surface area contributed by atoms with Crippen LogP contribution in [0.15, 0.2) is 16.8 Å². The topological polar surface area (TPSA) is 0 Å². The molecule has 3 atom stereocenters. The van der Waals surface area contributed by atoms with Gasteiger partial charge in [0, 0.05) is 4.83 Å². The molecule has 1 heterocycles. The van der Waals surface area contributed by atoms with Crippen LogP contribution in [0.2, 0.25) is 0 Å². The summed E-state index contributed by atoms with van der Waals surface area (Å²) in [6, 6.07) is 2.26. The first kappa shape index (κ1) is 11.7. The van der Waals surface area contributed by atoms with Crippen LogP contribution in [0.1, 0.15) is 38.2 Å². The molecule has 1 aromatic rings. The Morgan fingerprint density at radius 2 is 2.40 bits per heavy atom. The number of halogens is 1. The maximum absolute atomic E-state index is 3.89. The minimum atomic E-state index is 0.690.